The first-order chi connectivity index (χ1) is 11.8. The molecule has 24 heavy (non-hydrogen) atoms. The van der Waals surface area contributed by atoms with Crippen LogP contribution >= 0.6 is 0 Å². The zero-order valence-electron chi connectivity index (χ0n) is 13.7. The van der Waals surface area contributed by atoms with Gasteiger partial charge in [0, 0.05) is 5.69 Å². The minimum Gasteiger partial charge on any atom is -0.497 e. The van der Waals surface area contributed by atoms with Gasteiger partial charge in [-0.25, -0.2) is 0 Å². The maximum atomic E-state index is 5.22. The van der Waals surface area contributed by atoms with Crippen LogP contribution < -0.4 is 10.1 Å². The minimum atomic E-state index is 0.0970. The Morgan fingerprint density at radius 3 is 2.04 bits per heavy atom. The molecule has 2 heteroatoms. The monoisotopic (exact) mass is 315 g/mol. The molecular weight excluding hydrogens is 294 g/mol. The van der Waals surface area contributed by atoms with E-state index in [1.807, 2.05) is 48.5 Å². The van der Waals surface area contributed by atoms with Crippen LogP contribution in [0.3, 0.4) is 0 Å². The number of benzene rings is 3. The van der Waals surface area contributed by atoms with E-state index in [1.165, 1.54) is 11.1 Å². The second kappa shape index (κ2) is 8.02. The number of anilines is 1. The van der Waals surface area contributed by atoms with Crippen LogP contribution in [-0.4, -0.2) is 7.11 Å². The second-order valence-corrected chi connectivity index (χ2v) is 5.53. The summed E-state index contributed by atoms with van der Waals surface area (Å²) < 4.78 is 5.22. The maximum absolute atomic E-state index is 5.22. The van der Waals surface area contributed by atoms with Crippen molar-refractivity contribution in [2.45, 2.75) is 6.04 Å². The van der Waals surface area contributed by atoms with Crippen LogP contribution in [0.2, 0.25) is 0 Å². The summed E-state index contributed by atoms with van der Waals surface area (Å²) in [6, 6.07) is 28.9. The molecule has 0 heterocycles. The predicted octanol–water partition coefficient (Wildman–Crippen LogP) is 5.56. The fraction of sp³-hybridized carbons (Fsp3) is 0.0909. The molecule has 120 valence electrons. The fourth-order valence-corrected chi connectivity index (χ4v) is 2.54. The molecule has 3 rings (SSSR count). The lowest BCUT2D eigenvalue weighted by molar-refractivity contribution is 0.415. The second-order valence-electron chi connectivity index (χ2n) is 5.53. The number of hydrogen-bond donors (Lipinski definition) is 1. The third kappa shape index (κ3) is 4.26. The summed E-state index contributed by atoms with van der Waals surface area (Å²) in [6.45, 7) is 0. The van der Waals surface area contributed by atoms with Crippen LogP contribution in [0.5, 0.6) is 5.75 Å². The molecule has 1 N–H and O–H groups in total. The van der Waals surface area contributed by atoms with E-state index in [1.54, 1.807) is 7.11 Å². The number of rotatable bonds is 6. The van der Waals surface area contributed by atoms with Crippen molar-refractivity contribution in [1.82, 2.24) is 0 Å². The van der Waals surface area contributed by atoms with Crippen molar-refractivity contribution >= 4 is 11.8 Å². The molecule has 0 spiro atoms. The van der Waals surface area contributed by atoms with Crippen LogP contribution in [-0.2, 0) is 0 Å². The number of hydrogen-bond acceptors (Lipinski definition) is 2. The smallest absolute Gasteiger partial charge is 0.119 e. The van der Waals surface area contributed by atoms with E-state index in [9.17, 15) is 0 Å². The normalized spacial score (nSPS) is 12.0. The van der Waals surface area contributed by atoms with Crippen LogP contribution in [0, 0.1) is 0 Å². The van der Waals surface area contributed by atoms with E-state index >= 15 is 0 Å². The van der Waals surface area contributed by atoms with Crippen LogP contribution in [0.4, 0.5) is 5.69 Å². The average molecular weight is 315 g/mol. The molecule has 0 amide bonds. The van der Waals surface area contributed by atoms with Gasteiger partial charge in [0.05, 0.1) is 13.2 Å². The average Bonchev–Trinajstić information content (AvgIpc) is 2.67. The van der Waals surface area contributed by atoms with Gasteiger partial charge < -0.3 is 10.1 Å². The third-order valence-electron chi connectivity index (χ3n) is 3.85. The molecule has 0 fully saturated rings. The molecule has 0 radical (unpaired) electrons. The first-order valence-corrected chi connectivity index (χ1v) is 8.04. The Morgan fingerprint density at radius 1 is 0.792 bits per heavy atom. The van der Waals surface area contributed by atoms with E-state index in [-0.39, 0.29) is 6.04 Å². The summed E-state index contributed by atoms with van der Waals surface area (Å²) >= 11 is 0. The lowest BCUT2D eigenvalue weighted by Crippen LogP contribution is -2.07. The highest BCUT2D eigenvalue weighted by molar-refractivity contribution is 5.54. The van der Waals surface area contributed by atoms with E-state index in [0.717, 1.165) is 11.4 Å². The van der Waals surface area contributed by atoms with Gasteiger partial charge in [0.25, 0.3) is 0 Å². The molecule has 0 bridgehead atoms. The molecule has 0 saturated carbocycles. The molecule has 0 aliphatic heterocycles. The van der Waals surface area contributed by atoms with Crippen molar-refractivity contribution in [3.8, 4) is 5.75 Å². The summed E-state index contributed by atoms with van der Waals surface area (Å²) in [5, 5.41) is 3.57. The Labute approximate surface area is 143 Å². The molecule has 2 nitrogen and oxygen atoms in total. The number of nitrogens with one attached hydrogen (secondary N) is 1. The zero-order chi connectivity index (χ0) is 16.6. The van der Waals surface area contributed by atoms with Crippen LogP contribution in [0.1, 0.15) is 17.2 Å². The fourth-order valence-electron chi connectivity index (χ4n) is 2.54. The Balaban J connectivity index is 1.83. The number of methoxy groups -OCH3 is 1. The van der Waals surface area contributed by atoms with Gasteiger partial charge >= 0.3 is 0 Å². The minimum absolute atomic E-state index is 0.0970. The molecule has 1 unspecified atom stereocenters. The van der Waals surface area contributed by atoms with Crippen molar-refractivity contribution < 1.29 is 4.74 Å². The van der Waals surface area contributed by atoms with E-state index < -0.39 is 0 Å². The molecule has 0 saturated heterocycles. The lowest BCUT2D eigenvalue weighted by Gasteiger charge is -2.17. The molecule has 0 aliphatic carbocycles. The first kappa shape index (κ1) is 15.9. The van der Waals surface area contributed by atoms with Crippen molar-refractivity contribution in [2.75, 3.05) is 12.4 Å². The summed E-state index contributed by atoms with van der Waals surface area (Å²) in [5.74, 6) is 0.858. The lowest BCUT2D eigenvalue weighted by atomic mass is 10.0. The predicted molar refractivity (Wildman–Crippen MR) is 101 cm³/mol. The largest absolute Gasteiger partial charge is 0.497 e. The van der Waals surface area contributed by atoms with Gasteiger partial charge in [0.1, 0.15) is 5.75 Å². The maximum Gasteiger partial charge on any atom is 0.119 e. The molecule has 3 aromatic carbocycles. The molecule has 3 aromatic rings. The van der Waals surface area contributed by atoms with Gasteiger partial charge in [-0.15, -0.1) is 0 Å². The van der Waals surface area contributed by atoms with Crippen molar-refractivity contribution in [3.63, 3.8) is 0 Å². The van der Waals surface area contributed by atoms with Crippen LogP contribution in [0.15, 0.2) is 91.0 Å². The Hall–Kier alpha value is -3.00. The van der Waals surface area contributed by atoms with Gasteiger partial charge in [-0.05, 0) is 35.4 Å². The van der Waals surface area contributed by atoms with Crippen molar-refractivity contribution in [3.05, 3.63) is 102 Å². The first-order valence-electron chi connectivity index (χ1n) is 8.04. The van der Waals surface area contributed by atoms with Crippen molar-refractivity contribution in [2.24, 2.45) is 0 Å². The van der Waals surface area contributed by atoms with Gasteiger partial charge in [0.2, 0.25) is 0 Å². The number of ether oxygens (including phenoxy) is 1. The molecule has 0 aliphatic rings. The summed E-state index contributed by atoms with van der Waals surface area (Å²) in [4.78, 5) is 0. The topological polar surface area (TPSA) is 21.3 Å². The Kier molecular flexibility index (Phi) is 5.31. The third-order valence-corrected chi connectivity index (χ3v) is 3.85. The molecule has 0 aromatic heterocycles. The molecular formula is C22H21NO. The summed E-state index contributed by atoms with van der Waals surface area (Å²) in [6.07, 6.45) is 4.34. The highest BCUT2D eigenvalue weighted by Crippen LogP contribution is 2.23. The van der Waals surface area contributed by atoms with Gasteiger partial charge in [-0.1, -0.05) is 72.8 Å². The Morgan fingerprint density at radius 2 is 1.42 bits per heavy atom. The quantitative estimate of drug-likeness (QED) is 0.643. The van der Waals surface area contributed by atoms with E-state index in [4.69, 9.17) is 4.74 Å². The summed E-state index contributed by atoms with van der Waals surface area (Å²) in [7, 11) is 1.68. The van der Waals surface area contributed by atoms with Crippen molar-refractivity contribution in [1.29, 1.82) is 0 Å². The van der Waals surface area contributed by atoms with E-state index in [2.05, 4.69) is 53.9 Å². The van der Waals surface area contributed by atoms with Crippen LogP contribution in [0.25, 0.3) is 6.08 Å². The highest BCUT2D eigenvalue weighted by Gasteiger charge is 2.07. The van der Waals surface area contributed by atoms with E-state index in [0.29, 0.717) is 0 Å². The van der Waals surface area contributed by atoms with Gasteiger partial charge in [0.15, 0.2) is 0 Å². The highest BCUT2D eigenvalue weighted by atomic mass is 16.5. The molecule has 1 atom stereocenters. The Bertz CT molecular complexity index is 764. The summed E-state index contributed by atoms with van der Waals surface area (Å²) in [5.41, 5.74) is 3.47. The standard InChI is InChI=1S/C22H21NO/c1-24-21-15-13-20(14-16-21)23-22(19-10-6-3-7-11-19)17-12-18-8-4-2-5-9-18/h2-17,22-23H,1H3/b17-12+. The van der Waals surface area contributed by atoms with Gasteiger partial charge in [-0.3, -0.25) is 0 Å². The zero-order valence-corrected chi connectivity index (χ0v) is 13.7. The van der Waals surface area contributed by atoms with Gasteiger partial charge in [-0.2, -0.15) is 0 Å². The SMILES string of the molecule is COc1ccc(NC(/C=C/c2ccccc2)c2ccccc2)cc1.